The molecule has 2 nitrogen and oxygen atoms in total. The molecular weight excluding hydrogens is 270 g/mol. The monoisotopic (exact) mass is 297 g/mol. The third-order valence-electron chi connectivity index (χ3n) is 3.92. The second-order valence-corrected chi connectivity index (χ2v) is 6.11. The summed E-state index contributed by atoms with van der Waals surface area (Å²) < 4.78 is 0. The Labute approximate surface area is 134 Å². The number of hydrogen-bond acceptors (Lipinski definition) is 2. The van der Waals surface area contributed by atoms with Gasteiger partial charge < -0.3 is 5.11 Å². The van der Waals surface area contributed by atoms with Crippen molar-refractivity contribution in [2.75, 3.05) is 13.2 Å². The third kappa shape index (κ3) is 6.00. The van der Waals surface area contributed by atoms with Gasteiger partial charge in [-0.15, -0.1) is 0 Å². The van der Waals surface area contributed by atoms with E-state index in [0.29, 0.717) is 12.5 Å². The first kappa shape index (κ1) is 16.7. The summed E-state index contributed by atoms with van der Waals surface area (Å²) in [5.41, 5.74) is 2.71. The molecule has 1 atom stereocenters. The molecule has 0 amide bonds. The fourth-order valence-corrected chi connectivity index (χ4v) is 2.84. The van der Waals surface area contributed by atoms with Crippen molar-refractivity contribution < 1.29 is 5.11 Å². The molecule has 0 aromatic heterocycles. The minimum Gasteiger partial charge on any atom is -0.396 e. The lowest BCUT2D eigenvalue weighted by atomic mass is 10.0. The van der Waals surface area contributed by atoms with Gasteiger partial charge in [0.1, 0.15) is 0 Å². The van der Waals surface area contributed by atoms with Crippen LogP contribution in [0.5, 0.6) is 0 Å². The van der Waals surface area contributed by atoms with Crippen molar-refractivity contribution in [2.24, 2.45) is 5.92 Å². The Balaban J connectivity index is 1.99. The number of aliphatic hydroxyl groups is 1. The molecule has 0 heterocycles. The van der Waals surface area contributed by atoms with E-state index in [1.54, 1.807) is 0 Å². The van der Waals surface area contributed by atoms with Gasteiger partial charge in [-0.2, -0.15) is 0 Å². The van der Waals surface area contributed by atoms with E-state index < -0.39 is 0 Å². The SMILES string of the molecule is C[C@H](CCCO)CN(Cc1ccccc1)Cc1ccccc1. The van der Waals surface area contributed by atoms with E-state index >= 15 is 0 Å². The zero-order chi connectivity index (χ0) is 15.6. The van der Waals surface area contributed by atoms with Crippen LogP contribution in [0.15, 0.2) is 60.7 Å². The van der Waals surface area contributed by atoms with Crippen molar-refractivity contribution in [1.29, 1.82) is 0 Å². The first-order chi connectivity index (χ1) is 10.8. The number of benzene rings is 2. The maximum atomic E-state index is 9.01. The average Bonchev–Trinajstić information content (AvgIpc) is 2.55. The lowest BCUT2D eigenvalue weighted by Crippen LogP contribution is -2.28. The highest BCUT2D eigenvalue weighted by molar-refractivity contribution is 5.17. The zero-order valence-electron chi connectivity index (χ0n) is 13.5. The molecule has 2 aromatic rings. The normalized spacial score (nSPS) is 12.5. The van der Waals surface area contributed by atoms with E-state index in [2.05, 4.69) is 72.5 Å². The van der Waals surface area contributed by atoms with Crippen LogP contribution in [0.1, 0.15) is 30.9 Å². The quantitative estimate of drug-likeness (QED) is 0.753. The molecule has 0 radical (unpaired) electrons. The van der Waals surface area contributed by atoms with E-state index in [-0.39, 0.29) is 0 Å². The van der Waals surface area contributed by atoms with Gasteiger partial charge in [-0.05, 0) is 29.9 Å². The first-order valence-electron chi connectivity index (χ1n) is 8.19. The third-order valence-corrected chi connectivity index (χ3v) is 3.92. The van der Waals surface area contributed by atoms with Gasteiger partial charge in [0, 0.05) is 26.2 Å². The minimum atomic E-state index is 0.293. The van der Waals surface area contributed by atoms with Crippen LogP contribution < -0.4 is 0 Å². The van der Waals surface area contributed by atoms with Gasteiger partial charge in [0.05, 0.1) is 0 Å². The second-order valence-electron chi connectivity index (χ2n) is 6.11. The highest BCUT2D eigenvalue weighted by atomic mass is 16.2. The van der Waals surface area contributed by atoms with E-state index in [9.17, 15) is 0 Å². The van der Waals surface area contributed by atoms with Gasteiger partial charge >= 0.3 is 0 Å². The fraction of sp³-hybridized carbons (Fsp3) is 0.400. The molecule has 0 aliphatic heterocycles. The van der Waals surface area contributed by atoms with Crippen molar-refractivity contribution in [3.63, 3.8) is 0 Å². The van der Waals surface area contributed by atoms with Gasteiger partial charge in [0.25, 0.3) is 0 Å². The Hall–Kier alpha value is -1.64. The highest BCUT2D eigenvalue weighted by Gasteiger charge is 2.11. The van der Waals surface area contributed by atoms with Gasteiger partial charge in [-0.3, -0.25) is 4.90 Å². The molecule has 2 heteroatoms. The number of rotatable bonds is 9. The van der Waals surface area contributed by atoms with Crippen LogP contribution in [0.3, 0.4) is 0 Å². The van der Waals surface area contributed by atoms with Crippen molar-refractivity contribution >= 4 is 0 Å². The summed E-state index contributed by atoms with van der Waals surface area (Å²) in [4.78, 5) is 2.51. The summed E-state index contributed by atoms with van der Waals surface area (Å²) in [5, 5.41) is 9.01. The molecule has 2 aromatic carbocycles. The summed E-state index contributed by atoms with van der Waals surface area (Å²) in [7, 11) is 0. The molecule has 0 saturated carbocycles. The Morgan fingerprint density at radius 3 is 1.82 bits per heavy atom. The number of aliphatic hydroxyl groups excluding tert-OH is 1. The van der Waals surface area contributed by atoms with E-state index in [4.69, 9.17) is 5.11 Å². The van der Waals surface area contributed by atoms with Crippen molar-refractivity contribution in [3.05, 3.63) is 71.8 Å². The number of nitrogens with zero attached hydrogens (tertiary/aromatic N) is 1. The molecule has 22 heavy (non-hydrogen) atoms. The first-order valence-corrected chi connectivity index (χ1v) is 8.19. The summed E-state index contributed by atoms with van der Waals surface area (Å²) in [6.45, 7) is 5.57. The molecule has 2 rings (SSSR count). The molecule has 0 bridgehead atoms. The maximum absolute atomic E-state index is 9.01. The Kier molecular flexibility index (Phi) is 7.14. The summed E-state index contributed by atoms with van der Waals surface area (Å²) >= 11 is 0. The molecule has 0 fully saturated rings. The predicted molar refractivity (Wildman–Crippen MR) is 92.5 cm³/mol. The van der Waals surface area contributed by atoms with Gasteiger partial charge in [-0.1, -0.05) is 67.6 Å². The van der Waals surface area contributed by atoms with E-state index in [0.717, 1.165) is 32.5 Å². The van der Waals surface area contributed by atoms with Crippen LogP contribution in [-0.4, -0.2) is 23.2 Å². The highest BCUT2D eigenvalue weighted by Crippen LogP contribution is 2.14. The lowest BCUT2D eigenvalue weighted by molar-refractivity contribution is 0.204. The predicted octanol–water partition coefficient (Wildman–Crippen LogP) is 4.10. The van der Waals surface area contributed by atoms with E-state index in [1.807, 2.05) is 0 Å². The van der Waals surface area contributed by atoms with Crippen LogP contribution in [0, 0.1) is 5.92 Å². The molecule has 1 N–H and O–H groups in total. The topological polar surface area (TPSA) is 23.5 Å². The Morgan fingerprint density at radius 1 is 0.864 bits per heavy atom. The van der Waals surface area contributed by atoms with Crippen molar-refractivity contribution in [1.82, 2.24) is 4.90 Å². The Morgan fingerprint density at radius 2 is 1.36 bits per heavy atom. The standard InChI is InChI=1S/C20H27NO/c1-18(9-8-14-22)15-21(16-19-10-4-2-5-11-19)17-20-12-6-3-7-13-20/h2-7,10-13,18,22H,8-9,14-17H2,1H3/t18-/m1/s1. The largest absolute Gasteiger partial charge is 0.396 e. The van der Waals surface area contributed by atoms with Gasteiger partial charge in [-0.25, -0.2) is 0 Å². The summed E-state index contributed by atoms with van der Waals surface area (Å²) in [5.74, 6) is 0.597. The van der Waals surface area contributed by atoms with Gasteiger partial charge in [0.2, 0.25) is 0 Å². The smallest absolute Gasteiger partial charge is 0.0431 e. The molecule has 0 unspecified atom stereocenters. The molecule has 0 aliphatic carbocycles. The molecular formula is C20H27NO. The van der Waals surface area contributed by atoms with Crippen LogP contribution in [-0.2, 0) is 13.1 Å². The molecule has 0 spiro atoms. The second kappa shape index (κ2) is 9.39. The number of hydrogen-bond donors (Lipinski definition) is 1. The molecule has 118 valence electrons. The van der Waals surface area contributed by atoms with E-state index in [1.165, 1.54) is 11.1 Å². The summed E-state index contributed by atoms with van der Waals surface area (Å²) in [6, 6.07) is 21.3. The fourth-order valence-electron chi connectivity index (χ4n) is 2.84. The van der Waals surface area contributed by atoms with Gasteiger partial charge in [0.15, 0.2) is 0 Å². The van der Waals surface area contributed by atoms with Crippen molar-refractivity contribution in [2.45, 2.75) is 32.9 Å². The molecule has 0 saturated heterocycles. The zero-order valence-corrected chi connectivity index (χ0v) is 13.5. The van der Waals surface area contributed by atoms with Crippen LogP contribution in [0.2, 0.25) is 0 Å². The maximum Gasteiger partial charge on any atom is 0.0431 e. The van der Waals surface area contributed by atoms with Crippen LogP contribution >= 0.6 is 0 Å². The van der Waals surface area contributed by atoms with Crippen LogP contribution in [0.4, 0.5) is 0 Å². The molecule has 0 aliphatic rings. The van der Waals surface area contributed by atoms with Crippen LogP contribution in [0.25, 0.3) is 0 Å². The Bertz CT molecular complexity index is 470. The lowest BCUT2D eigenvalue weighted by Gasteiger charge is -2.26. The minimum absolute atomic E-state index is 0.293. The summed E-state index contributed by atoms with van der Waals surface area (Å²) in [6.07, 6.45) is 1.97. The average molecular weight is 297 g/mol. The van der Waals surface area contributed by atoms with Crippen molar-refractivity contribution in [3.8, 4) is 0 Å².